The van der Waals surface area contributed by atoms with E-state index in [2.05, 4.69) is 4.52 Å². The lowest BCUT2D eigenvalue weighted by Gasteiger charge is -2.25. The van der Waals surface area contributed by atoms with E-state index in [1.165, 1.54) is 0 Å². The first kappa shape index (κ1) is 18.5. The van der Waals surface area contributed by atoms with Crippen molar-refractivity contribution in [3.05, 3.63) is 0 Å². The highest BCUT2D eigenvalue weighted by Crippen LogP contribution is 2.30. The second-order valence-electron chi connectivity index (χ2n) is 3.86. The van der Waals surface area contributed by atoms with Crippen molar-refractivity contribution in [3.8, 4) is 0 Å². The minimum Gasteiger partial charge on any atom is -0.390 e. The van der Waals surface area contributed by atoms with Crippen molar-refractivity contribution in [2.45, 2.75) is 37.5 Å². The Labute approximate surface area is 110 Å². The topological polar surface area (TPSA) is 148 Å². The first-order valence-corrected chi connectivity index (χ1v) is 7.02. The molecular formula is C9H20NO8P. The number of nitrogens with zero attached hydrogens (tertiary/aromatic N) is 1. The lowest BCUT2D eigenvalue weighted by Crippen LogP contribution is -2.44. The van der Waals surface area contributed by atoms with Gasteiger partial charge in [-0.25, -0.2) is 5.06 Å². The van der Waals surface area contributed by atoms with Crippen molar-refractivity contribution in [2.75, 3.05) is 13.2 Å². The monoisotopic (exact) mass is 301 g/mol. The summed E-state index contributed by atoms with van der Waals surface area (Å²) >= 11 is 0. The molecule has 0 aliphatic carbocycles. The molecule has 9 nitrogen and oxygen atoms in total. The predicted molar refractivity (Wildman–Crippen MR) is 63.8 cm³/mol. The standard InChI is InChI=1S/C9H20NO8P/c1-2-18-19(17)8(14)3-6(12)9(15)7(13)4-10(16)5-11/h5-9,12-16,19H,2-4H2,1H3/t6-,7+,8?,9-/m1/s1. The van der Waals surface area contributed by atoms with E-state index in [4.69, 9.17) is 5.21 Å². The van der Waals surface area contributed by atoms with E-state index in [0.717, 1.165) is 0 Å². The van der Waals surface area contributed by atoms with Gasteiger partial charge in [-0.05, 0) is 6.92 Å². The molecule has 1 amide bonds. The molecule has 0 heterocycles. The molecule has 19 heavy (non-hydrogen) atoms. The average Bonchev–Trinajstić information content (AvgIpc) is 2.37. The number of hydrogen-bond donors (Lipinski definition) is 5. The Morgan fingerprint density at radius 2 is 1.84 bits per heavy atom. The predicted octanol–water partition coefficient (Wildman–Crippen LogP) is -1.86. The summed E-state index contributed by atoms with van der Waals surface area (Å²) in [6.45, 7) is 1.10. The molecule has 0 spiro atoms. The van der Waals surface area contributed by atoms with Crippen molar-refractivity contribution < 1.29 is 39.5 Å². The average molecular weight is 301 g/mol. The first-order chi connectivity index (χ1) is 8.83. The molecule has 0 aromatic carbocycles. The zero-order valence-corrected chi connectivity index (χ0v) is 11.4. The van der Waals surface area contributed by atoms with Gasteiger partial charge in [0.2, 0.25) is 14.4 Å². The molecule has 0 bridgehead atoms. The van der Waals surface area contributed by atoms with Crippen molar-refractivity contribution in [1.82, 2.24) is 5.06 Å². The van der Waals surface area contributed by atoms with Crippen molar-refractivity contribution in [2.24, 2.45) is 0 Å². The van der Waals surface area contributed by atoms with E-state index in [1.54, 1.807) is 6.92 Å². The molecule has 0 rings (SSSR count). The van der Waals surface area contributed by atoms with Crippen LogP contribution in [0.2, 0.25) is 0 Å². The summed E-state index contributed by atoms with van der Waals surface area (Å²) in [6, 6.07) is 0. The Morgan fingerprint density at radius 3 is 2.32 bits per heavy atom. The number of hydrogen-bond acceptors (Lipinski definition) is 8. The number of aliphatic hydroxyl groups excluding tert-OH is 4. The van der Waals surface area contributed by atoms with Crippen LogP contribution in [0, 0.1) is 0 Å². The van der Waals surface area contributed by atoms with Crippen LogP contribution < -0.4 is 0 Å². The van der Waals surface area contributed by atoms with Crippen LogP contribution in [0.3, 0.4) is 0 Å². The molecule has 0 radical (unpaired) electrons. The fourth-order valence-corrected chi connectivity index (χ4v) is 2.21. The zero-order valence-electron chi connectivity index (χ0n) is 10.4. The summed E-state index contributed by atoms with van der Waals surface area (Å²) in [6.07, 6.45) is -5.37. The number of aliphatic hydroxyl groups is 4. The van der Waals surface area contributed by atoms with Gasteiger partial charge >= 0.3 is 0 Å². The smallest absolute Gasteiger partial charge is 0.233 e. The van der Waals surface area contributed by atoms with Crippen LogP contribution >= 0.6 is 8.03 Å². The van der Waals surface area contributed by atoms with Crippen molar-refractivity contribution in [3.63, 3.8) is 0 Å². The lowest BCUT2D eigenvalue weighted by molar-refractivity contribution is -0.163. The van der Waals surface area contributed by atoms with Crippen LogP contribution in [0.15, 0.2) is 0 Å². The molecule has 5 N–H and O–H groups in total. The van der Waals surface area contributed by atoms with Gasteiger partial charge in [0.05, 0.1) is 19.3 Å². The van der Waals surface area contributed by atoms with Gasteiger partial charge < -0.3 is 24.9 Å². The molecule has 0 saturated carbocycles. The molecule has 5 atom stereocenters. The van der Waals surface area contributed by atoms with E-state index >= 15 is 0 Å². The lowest BCUT2D eigenvalue weighted by atomic mass is 10.1. The molecule has 0 aliphatic rings. The van der Waals surface area contributed by atoms with Crippen LogP contribution in [-0.4, -0.2) is 74.4 Å². The molecule has 0 fully saturated rings. The Hall–Kier alpha value is -0.540. The second-order valence-corrected chi connectivity index (χ2v) is 5.45. The van der Waals surface area contributed by atoms with Gasteiger partial charge in [0.25, 0.3) is 0 Å². The summed E-state index contributed by atoms with van der Waals surface area (Å²) in [7, 11) is -2.76. The maximum Gasteiger partial charge on any atom is 0.233 e. The molecule has 10 heteroatoms. The minimum absolute atomic E-state index is 0.0188. The van der Waals surface area contributed by atoms with Gasteiger partial charge in [0, 0.05) is 6.42 Å². The van der Waals surface area contributed by atoms with Gasteiger partial charge in [-0.15, -0.1) is 0 Å². The molecule has 0 aromatic heterocycles. The van der Waals surface area contributed by atoms with Crippen LogP contribution in [0.4, 0.5) is 0 Å². The highest BCUT2D eigenvalue weighted by molar-refractivity contribution is 7.39. The zero-order chi connectivity index (χ0) is 15.0. The van der Waals surface area contributed by atoms with E-state index in [9.17, 15) is 29.8 Å². The molecule has 0 aliphatic heterocycles. The maximum absolute atomic E-state index is 11.3. The summed E-state index contributed by atoms with van der Waals surface area (Å²) in [4.78, 5) is 10.1. The largest absolute Gasteiger partial charge is 0.390 e. The molecule has 0 saturated heterocycles. The van der Waals surface area contributed by atoms with Gasteiger partial charge in [0.15, 0.2) is 0 Å². The Morgan fingerprint density at radius 1 is 1.26 bits per heavy atom. The van der Waals surface area contributed by atoms with Gasteiger partial charge in [-0.2, -0.15) is 0 Å². The molecular weight excluding hydrogens is 281 g/mol. The van der Waals surface area contributed by atoms with Crippen LogP contribution in [0.1, 0.15) is 13.3 Å². The SMILES string of the molecule is CCO[PH](=O)C(O)C[C@@H](O)[C@@H](O)[C@@H](O)CN(O)C=O. The van der Waals surface area contributed by atoms with Crippen molar-refractivity contribution in [1.29, 1.82) is 0 Å². The van der Waals surface area contributed by atoms with E-state index < -0.39 is 45.2 Å². The molecule has 2 unspecified atom stereocenters. The number of carbonyl (C=O) groups excluding carboxylic acids is 1. The number of rotatable bonds is 10. The first-order valence-electron chi connectivity index (χ1n) is 5.63. The van der Waals surface area contributed by atoms with E-state index in [1.807, 2.05) is 0 Å². The number of amides is 1. The fraction of sp³-hybridized carbons (Fsp3) is 0.889. The fourth-order valence-electron chi connectivity index (χ4n) is 1.30. The quantitative estimate of drug-likeness (QED) is 0.136. The third-order valence-corrected chi connectivity index (χ3v) is 3.66. The molecule has 114 valence electrons. The summed E-state index contributed by atoms with van der Waals surface area (Å²) in [5.74, 6) is -1.46. The highest BCUT2D eigenvalue weighted by Gasteiger charge is 2.29. The number of carbonyl (C=O) groups is 1. The minimum atomic E-state index is -2.76. The maximum atomic E-state index is 11.3. The Bertz CT molecular complexity index is 291. The van der Waals surface area contributed by atoms with Crippen molar-refractivity contribution >= 4 is 14.4 Å². The van der Waals surface area contributed by atoms with Crippen LogP contribution in [-0.2, 0) is 13.9 Å². The summed E-state index contributed by atoms with van der Waals surface area (Å²) in [5, 5.41) is 46.7. The highest BCUT2D eigenvalue weighted by atomic mass is 31.1. The van der Waals surface area contributed by atoms with Gasteiger partial charge in [-0.1, -0.05) is 0 Å². The Kier molecular flexibility index (Phi) is 9.11. The van der Waals surface area contributed by atoms with Crippen LogP contribution in [0.25, 0.3) is 0 Å². The normalized spacial score (nSPS) is 19.3. The third kappa shape index (κ3) is 6.98. The second kappa shape index (κ2) is 9.38. The summed E-state index contributed by atoms with van der Waals surface area (Å²) < 4.78 is 15.9. The van der Waals surface area contributed by atoms with E-state index in [-0.39, 0.29) is 18.1 Å². The Balaban J connectivity index is 4.28. The summed E-state index contributed by atoms with van der Waals surface area (Å²) in [5.41, 5.74) is 0. The van der Waals surface area contributed by atoms with Gasteiger partial charge in [0.1, 0.15) is 18.1 Å². The number of hydroxylamine groups is 2. The van der Waals surface area contributed by atoms with Crippen LogP contribution in [0.5, 0.6) is 0 Å². The third-order valence-electron chi connectivity index (χ3n) is 2.31. The molecule has 0 aromatic rings. The van der Waals surface area contributed by atoms with Gasteiger partial charge in [-0.3, -0.25) is 14.6 Å². The van der Waals surface area contributed by atoms with E-state index in [0.29, 0.717) is 0 Å².